The van der Waals surface area contributed by atoms with Crippen LogP contribution in [0.2, 0.25) is 0 Å². The molecule has 4 rings (SSSR count). The van der Waals surface area contributed by atoms with Crippen molar-refractivity contribution in [2.24, 2.45) is 5.73 Å². The van der Waals surface area contributed by atoms with Gasteiger partial charge in [-0.3, -0.25) is 9.69 Å². The van der Waals surface area contributed by atoms with Gasteiger partial charge >= 0.3 is 5.69 Å². The normalized spacial score (nSPS) is 13.3. The summed E-state index contributed by atoms with van der Waals surface area (Å²) in [5.74, 6) is 0.502. The lowest BCUT2D eigenvalue weighted by molar-refractivity contribution is -0.118. The number of carbonyl (C=O) groups is 1. The number of para-hydroxylation sites is 1. The summed E-state index contributed by atoms with van der Waals surface area (Å²) in [7, 11) is 0. The van der Waals surface area contributed by atoms with Crippen LogP contribution in [0.15, 0.2) is 59.2 Å². The summed E-state index contributed by atoms with van der Waals surface area (Å²) in [5.41, 5.74) is 7.09. The number of hydrogen-bond acceptors (Lipinski definition) is 5. The second-order valence-electron chi connectivity index (χ2n) is 7.18. The van der Waals surface area contributed by atoms with Gasteiger partial charge in [-0.2, -0.15) is 13.9 Å². The van der Waals surface area contributed by atoms with E-state index >= 15 is 0 Å². The van der Waals surface area contributed by atoms with Crippen LogP contribution in [0.5, 0.6) is 0 Å². The van der Waals surface area contributed by atoms with Crippen LogP contribution in [0, 0.1) is 6.92 Å². The lowest BCUT2D eigenvalue weighted by Gasteiger charge is -2.30. The molecule has 1 amide bonds. The van der Waals surface area contributed by atoms with E-state index in [-0.39, 0.29) is 23.8 Å². The lowest BCUT2D eigenvalue weighted by atomic mass is 9.98. The van der Waals surface area contributed by atoms with E-state index in [1.54, 1.807) is 23.1 Å². The van der Waals surface area contributed by atoms with E-state index in [0.29, 0.717) is 18.7 Å². The third-order valence-corrected chi connectivity index (χ3v) is 5.19. The number of nitrogens with zero attached hydrogens (tertiary/aromatic N) is 5. The molecule has 0 bridgehead atoms. The van der Waals surface area contributed by atoms with Crippen LogP contribution < -0.4 is 16.3 Å². The minimum absolute atomic E-state index is 0.0920. The molecule has 3 heterocycles. The van der Waals surface area contributed by atoms with E-state index in [1.807, 2.05) is 25.1 Å². The van der Waals surface area contributed by atoms with Crippen molar-refractivity contribution in [1.82, 2.24) is 19.3 Å². The Morgan fingerprint density at radius 1 is 1.10 bits per heavy atom. The molecule has 0 fully saturated rings. The molecule has 31 heavy (non-hydrogen) atoms. The van der Waals surface area contributed by atoms with E-state index in [1.165, 1.54) is 6.33 Å². The Morgan fingerprint density at radius 2 is 1.84 bits per heavy atom. The number of aromatic nitrogens is 4. The second-order valence-corrected chi connectivity index (χ2v) is 7.18. The fourth-order valence-electron chi connectivity index (χ4n) is 3.62. The van der Waals surface area contributed by atoms with Gasteiger partial charge in [-0.15, -0.1) is 0 Å². The summed E-state index contributed by atoms with van der Waals surface area (Å²) in [6.45, 7) is 1.13. The number of rotatable bonds is 5. The van der Waals surface area contributed by atoms with Gasteiger partial charge in [-0.1, -0.05) is 24.3 Å². The van der Waals surface area contributed by atoms with Crippen LogP contribution in [0.1, 0.15) is 17.5 Å². The molecule has 160 valence electrons. The van der Waals surface area contributed by atoms with E-state index in [9.17, 15) is 18.4 Å². The Kier molecular flexibility index (Phi) is 5.47. The fraction of sp³-hybridized carbons (Fsp3) is 0.238. The molecule has 3 aromatic rings. The number of nitrogens with two attached hydrogens (primary N) is 1. The standard InChI is InChI=1S/C21H20F2N6O2/c1-13-4-2-5-14-8-9-18(30)29(19(13)14)17-7-3-6-16(26-17)27-12-25-28(21(27)31)11-15(10-24)20(22)23/h2-7,12H,8-11,24H2,1H3. The van der Waals surface area contributed by atoms with Gasteiger partial charge in [0.05, 0.1) is 12.2 Å². The molecule has 1 aliphatic heterocycles. The lowest BCUT2D eigenvalue weighted by Crippen LogP contribution is -2.32. The highest BCUT2D eigenvalue weighted by atomic mass is 19.3. The van der Waals surface area contributed by atoms with E-state index in [0.717, 1.165) is 26.1 Å². The average molecular weight is 426 g/mol. The maximum absolute atomic E-state index is 12.9. The number of amides is 1. The van der Waals surface area contributed by atoms with Gasteiger partial charge in [0.15, 0.2) is 0 Å². The molecule has 1 aliphatic rings. The number of aryl methyl sites for hydroxylation is 2. The van der Waals surface area contributed by atoms with Crippen molar-refractivity contribution in [3.05, 3.63) is 76.0 Å². The summed E-state index contributed by atoms with van der Waals surface area (Å²) < 4.78 is 27.8. The fourth-order valence-corrected chi connectivity index (χ4v) is 3.62. The number of halogens is 2. The van der Waals surface area contributed by atoms with Crippen molar-refractivity contribution in [1.29, 1.82) is 0 Å². The number of fused-ring (bicyclic) bond motifs is 1. The monoisotopic (exact) mass is 426 g/mol. The first-order valence-electron chi connectivity index (χ1n) is 9.67. The summed E-state index contributed by atoms with van der Waals surface area (Å²) in [5, 5.41) is 3.89. The number of carbonyl (C=O) groups excluding carboxylic acids is 1. The highest BCUT2D eigenvalue weighted by molar-refractivity contribution is 6.03. The van der Waals surface area contributed by atoms with Gasteiger partial charge in [0.1, 0.15) is 18.0 Å². The van der Waals surface area contributed by atoms with Gasteiger partial charge < -0.3 is 5.73 Å². The average Bonchev–Trinajstić information content (AvgIpc) is 3.12. The molecular weight excluding hydrogens is 406 g/mol. The van der Waals surface area contributed by atoms with Crippen molar-refractivity contribution in [2.75, 3.05) is 11.4 Å². The summed E-state index contributed by atoms with van der Waals surface area (Å²) in [6, 6.07) is 10.8. The highest BCUT2D eigenvalue weighted by Crippen LogP contribution is 2.36. The maximum atomic E-state index is 12.9. The topological polar surface area (TPSA) is 99.0 Å². The Bertz CT molecular complexity index is 1240. The third kappa shape index (κ3) is 3.77. The Hall–Kier alpha value is -3.66. The molecule has 10 heteroatoms. The van der Waals surface area contributed by atoms with Gasteiger partial charge in [0, 0.05) is 18.5 Å². The largest absolute Gasteiger partial charge is 0.351 e. The Labute approximate surface area is 176 Å². The van der Waals surface area contributed by atoms with Gasteiger partial charge in [0.2, 0.25) is 5.91 Å². The minimum atomic E-state index is -1.93. The van der Waals surface area contributed by atoms with E-state index in [4.69, 9.17) is 5.73 Å². The first-order chi connectivity index (χ1) is 14.9. The molecule has 0 unspecified atom stereocenters. The van der Waals surface area contributed by atoms with Crippen LogP contribution in [0.4, 0.5) is 20.3 Å². The molecule has 0 saturated carbocycles. The number of hydrogen-bond donors (Lipinski definition) is 1. The number of benzene rings is 1. The summed E-state index contributed by atoms with van der Waals surface area (Å²) >= 11 is 0. The van der Waals surface area contributed by atoms with Crippen molar-refractivity contribution < 1.29 is 13.6 Å². The zero-order valence-electron chi connectivity index (χ0n) is 16.8. The van der Waals surface area contributed by atoms with E-state index in [2.05, 4.69) is 10.1 Å². The van der Waals surface area contributed by atoms with Crippen LogP contribution >= 0.6 is 0 Å². The van der Waals surface area contributed by atoms with Crippen molar-refractivity contribution >= 4 is 17.4 Å². The quantitative estimate of drug-likeness (QED) is 0.676. The van der Waals surface area contributed by atoms with Crippen LogP contribution in [-0.2, 0) is 17.8 Å². The van der Waals surface area contributed by atoms with Gasteiger partial charge in [-0.25, -0.2) is 19.0 Å². The molecule has 2 aromatic heterocycles. The molecule has 0 atom stereocenters. The summed E-state index contributed by atoms with van der Waals surface area (Å²) in [4.78, 5) is 31.5. The predicted octanol–water partition coefficient (Wildman–Crippen LogP) is 2.46. The van der Waals surface area contributed by atoms with Crippen LogP contribution in [0.3, 0.4) is 0 Å². The first-order valence-corrected chi connectivity index (χ1v) is 9.67. The smallest absolute Gasteiger partial charge is 0.327 e. The van der Waals surface area contributed by atoms with Gasteiger partial charge in [0.25, 0.3) is 6.08 Å². The van der Waals surface area contributed by atoms with Gasteiger partial charge in [-0.05, 0) is 36.6 Å². The number of pyridine rings is 1. The third-order valence-electron chi connectivity index (χ3n) is 5.19. The Morgan fingerprint density at radius 3 is 2.58 bits per heavy atom. The molecule has 2 N–H and O–H groups in total. The zero-order valence-corrected chi connectivity index (χ0v) is 16.8. The first kappa shape index (κ1) is 20.6. The molecular formula is C21H20F2N6O2. The molecule has 0 radical (unpaired) electrons. The van der Waals surface area contributed by atoms with E-state index < -0.39 is 18.3 Å². The Balaban J connectivity index is 1.74. The van der Waals surface area contributed by atoms with Crippen LogP contribution in [0.25, 0.3) is 5.82 Å². The molecule has 1 aromatic carbocycles. The highest BCUT2D eigenvalue weighted by Gasteiger charge is 2.28. The zero-order chi connectivity index (χ0) is 22.1. The summed E-state index contributed by atoms with van der Waals surface area (Å²) in [6.07, 6.45) is 0.279. The molecule has 0 spiro atoms. The number of anilines is 2. The molecule has 0 saturated heterocycles. The molecule has 0 aliphatic carbocycles. The SMILES string of the molecule is Cc1cccc2c1N(c1cccc(-n3cnn(CC(CN)=C(F)F)c3=O)n1)C(=O)CC2. The van der Waals surface area contributed by atoms with Crippen molar-refractivity contribution in [2.45, 2.75) is 26.3 Å². The maximum Gasteiger partial charge on any atom is 0.351 e. The minimum Gasteiger partial charge on any atom is -0.327 e. The predicted molar refractivity (Wildman–Crippen MR) is 111 cm³/mol. The van der Waals surface area contributed by atoms with Crippen molar-refractivity contribution in [3.63, 3.8) is 0 Å². The van der Waals surface area contributed by atoms with Crippen molar-refractivity contribution in [3.8, 4) is 5.82 Å². The van der Waals surface area contributed by atoms with Crippen LogP contribution in [-0.4, -0.2) is 31.8 Å². The second kappa shape index (κ2) is 8.23. The molecule has 8 nitrogen and oxygen atoms in total.